The highest BCUT2D eigenvalue weighted by molar-refractivity contribution is 6.30. The summed E-state index contributed by atoms with van der Waals surface area (Å²) >= 11 is 5.77. The molecule has 80 valence electrons. The van der Waals surface area contributed by atoms with Crippen molar-refractivity contribution >= 4 is 17.5 Å². The van der Waals surface area contributed by atoms with E-state index in [1.165, 1.54) is 12.6 Å². The van der Waals surface area contributed by atoms with E-state index < -0.39 is 0 Å². The zero-order valence-electron chi connectivity index (χ0n) is 8.53. The van der Waals surface area contributed by atoms with Gasteiger partial charge < -0.3 is 5.32 Å². The van der Waals surface area contributed by atoms with Crippen LogP contribution in [0.1, 0.15) is 23.8 Å². The van der Waals surface area contributed by atoms with Crippen LogP contribution in [0.3, 0.4) is 0 Å². The van der Waals surface area contributed by atoms with Crippen LogP contribution in [0.5, 0.6) is 0 Å². The van der Waals surface area contributed by atoms with Gasteiger partial charge in [-0.25, -0.2) is 0 Å². The molecule has 2 atom stereocenters. The second kappa shape index (κ2) is 4.19. The number of hydrogen-bond donors (Lipinski definition) is 1. The molecule has 0 radical (unpaired) electrons. The van der Waals surface area contributed by atoms with Gasteiger partial charge in [-0.1, -0.05) is 18.5 Å². The van der Waals surface area contributed by atoms with E-state index in [-0.39, 0.29) is 5.91 Å². The predicted octanol–water partition coefficient (Wildman–Crippen LogP) is 2.12. The third-order valence-electron chi connectivity index (χ3n) is 2.76. The number of nitrogens with one attached hydrogen (secondary N) is 1. The van der Waals surface area contributed by atoms with Gasteiger partial charge in [0.25, 0.3) is 5.91 Å². The Labute approximate surface area is 93.8 Å². The molecule has 1 aromatic rings. The summed E-state index contributed by atoms with van der Waals surface area (Å²) < 4.78 is 0. The fourth-order valence-electron chi connectivity index (χ4n) is 1.53. The number of nitrogens with zero attached hydrogens (tertiary/aromatic N) is 1. The van der Waals surface area contributed by atoms with E-state index >= 15 is 0 Å². The average molecular weight is 225 g/mol. The van der Waals surface area contributed by atoms with Crippen LogP contribution < -0.4 is 5.32 Å². The van der Waals surface area contributed by atoms with Crippen molar-refractivity contribution in [2.24, 2.45) is 11.8 Å². The molecule has 0 saturated heterocycles. The van der Waals surface area contributed by atoms with Crippen molar-refractivity contribution < 1.29 is 4.79 Å². The van der Waals surface area contributed by atoms with Crippen LogP contribution in [0.2, 0.25) is 5.02 Å². The van der Waals surface area contributed by atoms with Crippen molar-refractivity contribution in [3.05, 3.63) is 29.0 Å². The molecule has 2 unspecified atom stereocenters. The Morgan fingerprint density at radius 1 is 1.73 bits per heavy atom. The molecule has 0 aliphatic heterocycles. The molecule has 1 aliphatic rings. The van der Waals surface area contributed by atoms with Gasteiger partial charge >= 0.3 is 0 Å². The summed E-state index contributed by atoms with van der Waals surface area (Å²) in [7, 11) is 0. The second-order valence-corrected chi connectivity index (χ2v) is 4.48. The van der Waals surface area contributed by atoms with E-state index in [1.807, 2.05) is 0 Å². The number of rotatable bonds is 3. The van der Waals surface area contributed by atoms with Gasteiger partial charge in [-0.2, -0.15) is 0 Å². The Balaban J connectivity index is 1.90. The van der Waals surface area contributed by atoms with Gasteiger partial charge in [-0.3, -0.25) is 9.78 Å². The monoisotopic (exact) mass is 224 g/mol. The summed E-state index contributed by atoms with van der Waals surface area (Å²) in [5, 5.41) is 3.40. The molecule has 0 spiro atoms. The normalized spacial score (nSPS) is 23.6. The number of amides is 1. The van der Waals surface area contributed by atoms with Crippen molar-refractivity contribution in [1.29, 1.82) is 0 Å². The van der Waals surface area contributed by atoms with Crippen LogP contribution >= 0.6 is 11.6 Å². The minimum atomic E-state index is -0.142. The summed E-state index contributed by atoms with van der Waals surface area (Å²) in [6.07, 6.45) is 2.75. The van der Waals surface area contributed by atoms with Gasteiger partial charge in [0, 0.05) is 17.8 Å². The third kappa shape index (κ3) is 2.69. The molecule has 2 rings (SSSR count). The van der Waals surface area contributed by atoms with Crippen LogP contribution in [-0.4, -0.2) is 17.4 Å². The van der Waals surface area contributed by atoms with Crippen LogP contribution in [0.25, 0.3) is 0 Å². The fraction of sp³-hybridized carbons (Fsp3) is 0.455. The van der Waals surface area contributed by atoms with Gasteiger partial charge in [0.2, 0.25) is 0 Å². The highest BCUT2D eigenvalue weighted by atomic mass is 35.5. The molecule has 1 heterocycles. The molecule has 1 N–H and O–H groups in total. The van der Waals surface area contributed by atoms with Crippen LogP contribution in [0, 0.1) is 11.8 Å². The SMILES string of the molecule is CC1CC1CNC(=O)c1cc(Cl)ccn1. The van der Waals surface area contributed by atoms with Crippen molar-refractivity contribution in [1.82, 2.24) is 10.3 Å². The van der Waals surface area contributed by atoms with E-state index in [2.05, 4.69) is 17.2 Å². The summed E-state index contributed by atoms with van der Waals surface area (Å²) in [5.41, 5.74) is 0.385. The molecule has 0 aromatic carbocycles. The minimum Gasteiger partial charge on any atom is -0.350 e. The van der Waals surface area contributed by atoms with Crippen molar-refractivity contribution in [3.8, 4) is 0 Å². The van der Waals surface area contributed by atoms with Gasteiger partial charge in [0.05, 0.1) is 0 Å². The molecule has 1 fully saturated rings. The molecule has 15 heavy (non-hydrogen) atoms. The maximum atomic E-state index is 11.6. The molecular weight excluding hydrogens is 212 g/mol. The lowest BCUT2D eigenvalue weighted by Crippen LogP contribution is -2.26. The first-order valence-electron chi connectivity index (χ1n) is 5.06. The summed E-state index contributed by atoms with van der Waals surface area (Å²) in [6.45, 7) is 2.93. The topological polar surface area (TPSA) is 42.0 Å². The number of halogens is 1. The Kier molecular flexibility index (Phi) is 2.91. The maximum absolute atomic E-state index is 11.6. The highest BCUT2D eigenvalue weighted by Crippen LogP contribution is 2.36. The summed E-state index contributed by atoms with van der Waals surface area (Å²) in [6, 6.07) is 3.23. The summed E-state index contributed by atoms with van der Waals surface area (Å²) in [4.78, 5) is 15.6. The number of aromatic nitrogens is 1. The van der Waals surface area contributed by atoms with E-state index in [9.17, 15) is 4.79 Å². The first-order chi connectivity index (χ1) is 7.16. The van der Waals surface area contributed by atoms with Crippen LogP contribution in [-0.2, 0) is 0 Å². The van der Waals surface area contributed by atoms with Crippen molar-refractivity contribution in [2.75, 3.05) is 6.54 Å². The highest BCUT2D eigenvalue weighted by Gasteiger charge is 2.32. The minimum absolute atomic E-state index is 0.142. The number of pyridine rings is 1. The molecule has 4 heteroatoms. The lowest BCUT2D eigenvalue weighted by Gasteiger charge is -2.03. The first-order valence-corrected chi connectivity index (χ1v) is 5.44. The molecule has 1 amide bonds. The van der Waals surface area contributed by atoms with Crippen LogP contribution in [0.4, 0.5) is 0 Å². The number of hydrogen-bond acceptors (Lipinski definition) is 2. The van der Waals surface area contributed by atoms with E-state index in [0.717, 1.165) is 12.5 Å². The molecular formula is C11H13ClN2O. The van der Waals surface area contributed by atoms with E-state index in [1.54, 1.807) is 12.1 Å². The fourth-order valence-corrected chi connectivity index (χ4v) is 1.69. The zero-order chi connectivity index (χ0) is 10.8. The van der Waals surface area contributed by atoms with Gasteiger partial charge in [0.1, 0.15) is 5.69 Å². The quantitative estimate of drug-likeness (QED) is 0.855. The average Bonchev–Trinajstić information content (AvgIpc) is 2.91. The first kappa shape index (κ1) is 10.4. The maximum Gasteiger partial charge on any atom is 0.269 e. The van der Waals surface area contributed by atoms with Crippen molar-refractivity contribution in [3.63, 3.8) is 0 Å². The Bertz CT molecular complexity index is 381. The van der Waals surface area contributed by atoms with Gasteiger partial charge in [-0.15, -0.1) is 0 Å². The second-order valence-electron chi connectivity index (χ2n) is 4.04. The Morgan fingerprint density at radius 3 is 3.07 bits per heavy atom. The van der Waals surface area contributed by atoms with Gasteiger partial charge in [0.15, 0.2) is 0 Å². The molecule has 1 saturated carbocycles. The van der Waals surface area contributed by atoms with Crippen LogP contribution in [0.15, 0.2) is 18.3 Å². The van der Waals surface area contributed by atoms with E-state index in [0.29, 0.717) is 16.6 Å². The zero-order valence-corrected chi connectivity index (χ0v) is 9.29. The van der Waals surface area contributed by atoms with Gasteiger partial charge in [-0.05, 0) is 30.4 Å². The lowest BCUT2D eigenvalue weighted by molar-refractivity contribution is 0.0946. The Morgan fingerprint density at radius 2 is 2.47 bits per heavy atom. The van der Waals surface area contributed by atoms with E-state index in [4.69, 9.17) is 11.6 Å². The van der Waals surface area contributed by atoms with Crippen molar-refractivity contribution in [2.45, 2.75) is 13.3 Å². The molecule has 1 aliphatic carbocycles. The molecule has 1 aromatic heterocycles. The standard InChI is InChI=1S/C11H13ClN2O/c1-7-4-8(7)6-14-11(15)10-5-9(12)2-3-13-10/h2-3,5,7-8H,4,6H2,1H3,(H,14,15). The predicted molar refractivity (Wildman–Crippen MR) is 58.9 cm³/mol. The molecule has 0 bridgehead atoms. The molecule has 3 nitrogen and oxygen atoms in total. The summed E-state index contributed by atoms with van der Waals surface area (Å²) in [5.74, 6) is 1.25. The lowest BCUT2D eigenvalue weighted by atomic mass is 10.3. The third-order valence-corrected chi connectivity index (χ3v) is 2.99. The smallest absolute Gasteiger partial charge is 0.269 e. The Hall–Kier alpha value is -1.09. The number of carbonyl (C=O) groups is 1. The largest absolute Gasteiger partial charge is 0.350 e. The number of carbonyl (C=O) groups excluding carboxylic acids is 1.